The van der Waals surface area contributed by atoms with Gasteiger partial charge in [0.1, 0.15) is 0 Å². The van der Waals surface area contributed by atoms with E-state index >= 15 is 0 Å². The third kappa shape index (κ3) is 3.19. The van der Waals surface area contributed by atoms with Crippen LogP contribution >= 0.6 is 0 Å². The number of amides is 1. The van der Waals surface area contributed by atoms with Crippen LogP contribution in [0.4, 0.5) is 11.4 Å². The van der Waals surface area contributed by atoms with E-state index in [4.69, 9.17) is 15.2 Å². The maximum atomic E-state index is 12.4. The van der Waals surface area contributed by atoms with Gasteiger partial charge in [-0.05, 0) is 73.7 Å². The van der Waals surface area contributed by atoms with Gasteiger partial charge in [0.25, 0.3) is 5.91 Å². The van der Waals surface area contributed by atoms with E-state index in [0.717, 1.165) is 34.4 Å². The molecule has 2 aromatic carbocycles. The molecular weight excluding hydrogens is 340 g/mol. The number of hydrogen-bond acceptors (Lipinski definition) is 4. The summed E-state index contributed by atoms with van der Waals surface area (Å²) in [6.45, 7) is 6.88. The van der Waals surface area contributed by atoms with E-state index in [1.807, 2.05) is 24.3 Å². The molecule has 2 aliphatic rings. The Labute approximate surface area is 159 Å². The molecule has 27 heavy (non-hydrogen) atoms. The smallest absolute Gasteiger partial charge is 0.268 e. The minimum atomic E-state index is -0.915. The summed E-state index contributed by atoms with van der Waals surface area (Å²) in [5.74, 6) is 0.571. The van der Waals surface area contributed by atoms with Crippen molar-refractivity contribution in [2.75, 3.05) is 24.3 Å². The third-order valence-corrected chi connectivity index (χ3v) is 5.12. The molecule has 0 unspecified atom stereocenters. The first-order chi connectivity index (χ1) is 12.8. The van der Waals surface area contributed by atoms with Crippen molar-refractivity contribution in [1.82, 2.24) is 0 Å². The van der Waals surface area contributed by atoms with Gasteiger partial charge in [0.15, 0.2) is 11.4 Å². The molecule has 4 rings (SSSR count). The lowest BCUT2D eigenvalue weighted by Gasteiger charge is -2.34. The van der Waals surface area contributed by atoms with Crippen molar-refractivity contribution in [3.05, 3.63) is 47.5 Å². The van der Waals surface area contributed by atoms with Crippen LogP contribution in [0.15, 0.2) is 36.4 Å². The van der Waals surface area contributed by atoms with Crippen LogP contribution in [0.2, 0.25) is 0 Å². The molecule has 140 valence electrons. The molecule has 3 N–H and O–H groups in total. The van der Waals surface area contributed by atoms with Gasteiger partial charge in [-0.1, -0.05) is 12.1 Å². The molecular formula is C22H24N2O3. The minimum absolute atomic E-state index is 0.150. The van der Waals surface area contributed by atoms with Gasteiger partial charge in [-0.2, -0.15) is 0 Å². The van der Waals surface area contributed by atoms with Crippen molar-refractivity contribution in [3.8, 4) is 16.9 Å². The lowest BCUT2D eigenvalue weighted by Crippen LogP contribution is -2.46. The largest absolute Gasteiger partial charge is 0.475 e. The predicted octanol–water partition coefficient (Wildman–Crippen LogP) is 4.16. The van der Waals surface area contributed by atoms with Crippen molar-refractivity contribution in [3.63, 3.8) is 0 Å². The first-order valence-electron chi connectivity index (χ1n) is 9.17. The van der Waals surface area contributed by atoms with E-state index in [-0.39, 0.29) is 5.91 Å². The van der Waals surface area contributed by atoms with Crippen molar-refractivity contribution < 1.29 is 14.3 Å². The number of nitrogen functional groups attached to an aromatic ring is 1. The number of carbonyl (C=O) groups excluding carboxylic acids is 1. The number of aryl methyl sites for hydroxylation is 1. The Bertz CT molecular complexity index is 960. The zero-order valence-corrected chi connectivity index (χ0v) is 15.9. The molecule has 0 fully saturated rings. The maximum Gasteiger partial charge on any atom is 0.268 e. The van der Waals surface area contributed by atoms with Crippen LogP contribution in [0.25, 0.3) is 16.7 Å². The van der Waals surface area contributed by atoms with Crippen LogP contribution in [0.5, 0.6) is 5.75 Å². The zero-order valence-electron chi connectivity index (χ0n) is 15.9. The van der Waals surface area contributed by atoms with Gasteiger partial charge in [-0.3, -0.25) is 4.79 Å². The van der Waals surface area contributed by atoms with Crippen LogP contribution < -0.4 is 15.8 Å². The van der Waals surface area contributed by atoms with Crippen LogP contribution in [-0.4, -0.2) is 24.7 Å². The lowest BCUT2D eigenvalue weighted by atomic mass is 9.91. The van der Waals surface area contributed by atoms with E-state index in [1.165, 1.54) is 5.57 Å². The second-order valence-electron chi connectivity index (χ2n) is 7.60. The highest BCUT2D eigenvalue weighted by molar-refractivity contribution is 6.02. The Balaban J connectivity index is 1.93. The monoisotopic (exact) mass is 364 g/mol. The van der Waals surface area contributed by atoms with Gasteiger partial charge in [-0.25, -0.2) is 0 Å². The molecule has 2 heterocycles. The van der Waals surface area contributed by atoms with Gasteiger partial charge >= 0.3 is 0 Å². The first-order valence-corrected chi connectivity index (χ1v) is 9.17. The Morgan fingerprint density at radius 1 is 1.15 bits per heavy atom. The Morgan fingerprint density at radius 2 is 1.96 bits per heavy atom. The van der Waals surface area contributed by atoms with E-state index in [2.05, 4.69) is 24.4 Å². The number of carbonyl (C=O) groups is 1. The quantitative estimate of drug-likeness (QED) is 0.785. The minimum Gasteiger partial charge on any atom is -0.475 e. The van der Waals surface area contributed by atoms with Crippen LogP contribution in [0, 0.1) is 6.92 Å². The SMILES string of the molecule is Cc1ccc(N)cc1-c1cc2c(c(C3=CCOCC3)c1)OC(C)(C)C(=O)N2. The molecule has 0 saturated carbocycles. The molecule has 5 heteroatoms. The van der Waals surface area contributed by atoms with Crippen LogP contribution in [-0.2, 0) is 9.53 Å². The summed E-state index contributed by atoms with van der Waals surface area (Å²) in [4.78, 5) is 12.4. The highest BCUT2D eigenvalue weighted by Gasteiger charge is 2.37. The summed E-state index contributed by atoms with van der Waals surface area (Å²) in [6, 6.07) is 9.97. The fraction of sp³-hybridized carbons (Fsp3) is 0.318. The molecule has 0 radical (unpaired) electrons. The fourth-order valence-electron chi connectivity index (χ4n) is 3.52. The molecule has 0 spiro atoms. The summed E-state index contributed by atoms with van der Waals surface area (Å²) < 4.78 is 11.6. The second kappa shape index (κ2) is 6.43. The topological polar surface area (TPSA) is 73.6 Å². The Morgan fingerprint density at radius 3 is 2.70 bits per heavy atom. The van der Waals surface area contributed by atoms with Gasteiger partial charge in [0.05, 0.1) is 18.9 Å². The molecule has 5 nitrogen and oxygen atoms in total. The van der Waals surface area contributed by atoms with Crippen LogP contribution in [0.3, 0.4) is 0 Å². The maximum absolute atomic E-state index is 12.4. The molecule has 0 atom stereocenters. The van der Waals surface area contributed by atoms with E-state index < -0.39 is 5.60 Å². The Kier molecular flexibility index (Phi) is 4.19. The van der Waals surface area contributed by atoms with Gasteiger partial charge < -0.3 is 20.5 Å². The van der Waals surface area contributed by atoms with Gasteiger partial charge in [-0.15, -0.1) is 0 Å². The van der Waals surface area contributed by atoms with E-state index in [9.17, 15) is 4.79 Å². The molecule has 0 saturated heterocycles. The van der Waals surface area contributed by atoms with E-state index in [0.29, 0.717) is 24.6 Å². The number of fused-ring (bicyclic) bond motifs is 1. The molecule has 2 aliphatic heterocycles. The number of ether oxygens (including phenoxy) is 2. The Hall–Kier alpha value is -2.79. The average molecular weight is 364 g/mol. The summed E-state index contributed by atoms with van der Waals surface area (Å²) in [5.41, 5.74) is 11.9. The highest BCUT2D eigenvalue weighted by atomic mass is 16.5. The number of rotatable bonds is 2. The summed E-state index contributed by atoms with van der Waals surface area (Å²) in [7, 11) is 0. The number of nitrogens with two attached hydrogens (primary N) is 1. The number of benzene rings is 2. The normalized spacial score (nSPS) is 18.2. The fourth-order valence-corrected chi connectivity index (χ4v) is 3.52. The van der Waals surface area contributed by atoms with Crippen molar-refractivity contribution in [2.45, 2.75) is 32.8 Å². The molecule has 0 aromatic heterocycles. The lowest BCUT2D eigenvalue weighted by molar-refractivity contribution is -0.129. The van der Waals surface area contributed by atoms with Gasteiger partial charge in [0.2, 0.25) is 0 Å². The summed E-state index contributed by atoms with van der Waals surface area (Å²) in [6.07, 6.45) is 2.89. The van der Waals surface area contributed by atoms with Crippen molar-refractivity contribution in [2.24, 2.45) is 0 Å². The van der Waals surface area contributed by atoms with Crippen molar-refractivity contribution >= 4 is 22.9 Å². The standard InChI is InChI=1S/C22H24N2O3/c1-13-4-5-16(23)12-17(13)15-10-18(14-6-8-26-9-7-14)20-19(11-15)24-21(25)22(2,3)27-20/h4-6,10-12H,7-9,23H2,1-3H3,(H,24,25). The molecule has 0 aliphatic carbocycles. The molecule has 2 aromatic rings. The van der Waals surface area contributed by atoms with Crippen molar-refractivity contribution in [1.29, 1.82) is 0 Å². The number of anilines is 2. The number of hydrogen-bond donors (Lipinski definition) is 2. The molecule has 0 bridgehead atoms. The summed E-state index contributed by atoms with van der Waals surface area (Å²) >= 11 is 0. The average Bonchev–Trinajstić information content (AvgIpc) is 2.64. The second-order valence-corrected chi connectivity index (χ2v) is 7.60. The molecule has 1 amide bonds. The van der Waals surface area contributed by atoms with Crippen LogP contribution in [0.1, 0.15) is 31.4 Å². The predicted molar refractivity (Wildman–Crippen MR) is 108 cm³/mol. The first kappa shape index (κ1) is 17.6. The summed E-state index contributed by atoms with van der Waals surface area (Å²) in [5, 5.41) is 3.02. The van der Waals surface area contributed by atoms with Gasteiger partial charge in [0, 0.05) is 11.3 Å². The third-order valence-electron chi connectivity index (χ3n) is 5.12. The van der Waals surface area contributed by atoms with E-state index in [1.54, 1.807) is 13.8 Å². The highest BCUT2D eigenvalue weighted by Crippen LogP contribution is 2.44. The number of nitrogens with one attached hydrogen (secondary N) is 1. The zero-order chi connectivity index (χ0) is 19.2.